The van der Waals surface area contributed by atoms with Crippen LogP contribution in [0.4, 0.5) is 4.79 Å². The van der Waals surface area contributed by atoms with Crippen molar-refractivity contribution >= 4 is 11.9 Å². The Morgan fingerprint density at radius 1 is 1.77 bits per heavy atom. The Balaban J connectivity index is 2.45. The van der Waals surface area contributed by atoms with Crippen LogP contribution < -0.4 is 10.7 Å². The maximum Gasteiger partial charge on any atom is 0.428 e. The van der Waals surface area contributed by atoms with E-state index in [2.05, 4.69) is 15.5 Å². The van der Waals surface area contributed by atoms with Crippen LogP contribution >= 0.6 is 0 Å². The average molecular weight is 185 g/mol. The molecule has 1 amide bonds. The van der Waals surface area contributed by atoms with Crippen molar-refractivity contribution in [1.82, 2.24) is 15.8 Å². The Labute approximate surface area is 75.5 Å². The van der Waals surface area contributed by atoms with E-state index in [4.69, 9.17) is 0 Å². The molecule has 0 spiro atoms. The average Bonchev–Trinajstić information content (AvgIpc) is 2.49. The maximum atomic E-state index is 10.9. The van der Waals surface area contributed by atoms with Gasteiger partial charge < -0.3 is 10.1 Å². The number of ketones is 1. The van der Waals surface area contributed by atoms with Crippen molar-refractivity contribution in [1.29, 1.82) is 0 Å². The number of nitrogens with zero attached hydrogens (tertiary/aromatic N) is 1. The number of amides is 1. The molecule has 1 aliphatic rings. The molecule has 72 valence electrons. The highest BCUT2D eigenvalue weighted by molar-refractivity contribution is 5.94. The zero-order chi connectivity index (χ0) is 9.84. The van der Waals surface area contributed by atoms with Crippen LogP contribution in [0.15, 0.2) is 11.9 Å². The fraction of sp³-hybridized carbons (Fsp3) is 0.429. The summed E-state index contributed by atoms with van der Waals surface area (Å²) in [5, 5.41) is 3.90. The monoisotopic (exact) mass is 185 g/mol. The summed E-state index contributed by atoms with van der Waals surface area (Å²) in [5.74, 6) is 0.471. The summed E-state index contributed by atoms with van der Waals surface area (Å²) in [4.78, 5) is 21.6. The molecule has 0 unspecified atom stereocenters. The zero-order valence-corrected chi connectivity index (χ0v) is 7.46. The molecule has 0 saturated carbocycles. The van der Waals surface area contributed by atoms with Gasteiger partial charge in [0.05, 0.1) is 13.7 Å². The van der Waals surface area contributed by atoms with Gasteiger partial charge in [0.25, 0.3) is 0 Å². The van der Waals surface area contributed by atoms with E-state index in [9.17, 15) is 9.59 Å². The van der Waals surface area contributed by atoms with Crippen LogP contribution in [-0.2, 0) is 9.53 Å². The van der Waals surface area contributed by atoms with Crippen LogP contribution in [0.5, 0.6) is 0 Å². The molecule has 13 heavy (non-hydrogen) atoms. The lowest BCUT2D eigenvalue weighted by Gasteiger charge is -2.18. The lowest BCUT2D eigenvalue weighted by molar-refractivity contribution is -0.113. The van der Waals surface area contributed by atoms with E-state index in [1.165, 1.54) is 20.2 Å². The number of ether oxygens (including phenoxy) is 1. The van der Waals surface area contributed by atoms with Crippen molar-refractivity contribution in [3.8, 4) is 0 Å². The van der Waals surface area contributed by atoms with Crippen molar-refractivity contribution in [2.24, 2.45) is 0 Å². The molecule has 0 bridgehead atoms. The van der Waals surface area contributed by atoms with Crippen molar-refractivity contribution in [3.63, 3.8) is 0 Å². The third kappa shape index (κ3) is 2.36. The number of carbonyl (C=O) groups is 2. The minimum Gasteiger partial charge on any atom is -0.452 e. The number of hydrogen-bond donors (Lipinski definition) is 2. The van der Waals surface area contributed by atoms with E-state index in [1.54, 1.807) is 0 Å². The van der Waals surface area contributed by atoms with E-state index in [1.807, 2.05) is 0 Å². The second kappa shape index (κ2) is 3.79. The van der Waals surface area contributed by atoms with E-state index >= 15 is 0 Å². The third-order valence-electron chi connectivity index (χ3n) is 1.50. The third-order valence-corrected chi connectivity index (χ3v) is 1.50. The van der Waals surface area contributed by atoms with E-state index < -0.39 is 6.09 Å². The van der Waals surface area contributed by atoms with Crippen molar-refractivity contribution in [2.45, 2.75) is 0 Å². The van der Waals surface area contributed by atoms with Crippen LogP contribution in [0.3, 0.4) is 0 Å². The zero-order valence-electron chi connectivity index (χ0n) is 7.46. The first kappa shape index (κ1) is 9.37. The SMILES string of the molecule is COC(=O)N(C)NC1=CC(=O)CN1. The Morgan fingerprint density at radius 2 is 2.46 bits per heavy atom. The molecule has 0 aliphatic carbocycles. The molecule has 0 atom stereocenters. The molecule has 0 radical (unpaired) electrons. The molecule has 0 saturated heterocycles. The van der Waals surface area contributed by atoms with Gasteiger partial charge in [0.15, 0.2) is 5.78 Å². The van der Waals surface area contributed by atoms with Gasteiger partial charge in [-0.2, -0.15) is 0 Å². The van der Waals surface area contributed by atoms with Crippen LogP contribution in [0, 0.1) is 0 Å². The van der Waals surface area contributed by atoms with Gasteiger partial charge in [-0.15, -0.1) is 0 Å². The van der Waals surface area contributed by atoms with E-state index in [-0.39, 0.29) is 12.3 Å². The number of rotatable bonds is 2. The molecule has 0 aromatic carbocycles. The largest absolute Gasteiger partial charge is 0.452 e. The smallest absolute Gasteiger partial charge is 0.428 e. The van der Waals surface area contributed by atoms with Gasteiger partial charge in [-0.3, -0.25) is 10.2 Å². The highest BCUT2D eigenvalue weighted by Gasteiger charge is 2.14. The molecule has 0 aromatic heterocycles. The lowest BCUT2D eigenvalue weighted by Crippen LogP contribution is -2.41. The van der Waals surface area contributed by atoms with Gasteiger partial charge >= 0.3 is 6.09 Å². The van der Waals surface area contributed by atoms with Crippen molar-refractivity contribution in [3.05, 3.63) is 11.9 Å². The minimum atomic E-state index is -0.526. The molecule has 6 nitrogen and oxygen atoms in total. The van der Waals surface area contributed by atoms with Gasteiger partial charge in [0, 0.05) is 13.1 Å². The van der Waals surface area contributed by atoms with Crippen molar-refractivity contribution < 1.29 is 14.3 Å². The number of hydrogen-bond acceptors (Lipinski definition) is 5. The highest BCUT2D eigenvalue weighted by Crippen LogP contribution is 1.95. The van der Waals surface area contributed by atoms with Crippen LogP contribution in [-0.4, -0.2) is 37.6 Å². The molecule has 0 fully saturated rings. The Hall–Kier alpha value is -1.72. The topological polar surface area (TPSA) is 70.7 Å². The molecule has 6 heteroatoms. The molecule has 1 rings (SSSR count). The predicted octanol–water partition coefficient (Wildman–Crippen LogP) is -0.797. The van der Waals surface area contributed by atoms with Gasteiger partial charge in [-0.25, -0.2) is 9.80 Å². The number of nitrogens with one attached hydrogen (secondary N) is 2. The summed E-state index contributed by atoms with van der Waals surface area (Å²) in [5.41, 5.74) is 2.65. The number of hydrazine groups is 1. The lowest BCUT2D eigenvalue weighted by atomic mass is 10.4. The number of methoxy groups -OCH3 is 1. The Kier molecular flexibility index (Phi) is 2.73. The number of carbonyl (C=O) groups excluding carboxylic acids is 2. The first-order valence-corrected chi connectivity index (χ1v) is 3.70. The fourth-order valence-corrected chi connectivity index (χ4v) is 0.880. The molecular weight excluding hydrogens is 174 g/mol. The Bertz CT molecular complexity index is 262. The summed E-state index contributed by atoms with van der Waals surface area (Å²) >= 11 is 0. The van der Waals surface area contributed by atoms with Crippen LogP contribution in [0.25, 0.3) is 0 Å². The fourth-order valence-electron chi connectivity index (χ4n) is 0.880. The summed E-state index contributed by atoms with van der Waals surface area (Å²) in [6.45, 7) is 0.261. The van der Waals surface area contributed by atoms with E-state index in [0.717, 1.165) is 5.01 Å². The van der Waals surface area contributed by atoms with Gasteiger partial charge in [-0.05, 0) is 0 Å². The van der Waals surface area contributed by atoms with Gasteiger partial charge in [-0.1, -0.05) is 0 Å². The Morgan fingerprint density at radius 3 is 2.92 bits per heavy atom. The van der Waals surface area contributed by atoms with Crippen LogP contribution in [0.2, 0.25) is 0 Å². The summed E-state index contributed by atoms with van der Waals surface area (Å²) in [6, 6.07) is 0. The molecular formula is C7H11N3O3. The normalized spacial score (nSPS) is 14.6. The first-order chi connectivity index (χ1) is 6.13. The maximum absolute atomic E-state index is 10.9. The first-order valence-electron chi connectivity index (χ1n) is 3.70. The standard InChI is InChI=1S/C7H11N3O3/c1-10(7(12)13-2)9-6-3-5(11)4-8-6/h3,8-9H,4H2,1-2H3. The molecule has 2 N–H and O–H groups in total. The molecule has 1 heterocycles. The highest BCUT2D eigenvalue weighted by atomic mass is 16.5. The predicted molar refractivity (Wildman–Crippen MR) is 44.4 cm³/mol. The quantitative estimate of drug-likeness (QED) is 0.551. The minimum absolute atomic E-state index is 0.0271. The van der Waals surface area contributed by atoms with Crippen LogP contribution in [0.1, 0.15) is 0 Å². The van der Waals surface area contributed by atoms with Gasteiger partial charge in [0.1, 0.15) is 5.82 Å². The second-order valence-electron chi connectivity index (χ2n) is 2.52. The van der Waals surface area contributed by atoms with Gasteiger partial charge in [0.2, 0.25) is 0 Å². The second-order valence-corrected chi connectivity index (χ2v) is 2.52. The summed E-state index contributed by atoms with van der Waals surface area (Å²) < 4.78 is 4.43. The molecule has 1 aliphatic heterocycles. The summed E-state index contributed by atoms with van der Waals surface area (Å²) in [6.07, 6.45) is 0.862. The molecule has 0 aromatic rings. The van der Waals surface area contributed by atoms with E-state index in [0.29, 0.717) is 5.82 Å². The summed E-state index contributed by atoms with van der Waals surface area (Å²) in [7, 11) is 2.78. The van der Waals surface area contributed by atoms with Crippen molar-refractivity contribution in [2.75, 3.05) is 20.7 Å².